The van der Waals surface area contributed by atoms with Gasteiger partial charge >= 0.3 is 0 Å². The van der Waals surface area contributed by atoms with Gasteiger partial charge in [-0.2, -0.15) is 5.10 Å². The Morgan fingerprint density at radius 1 is 1.19 bits per heavy atom. The lowest BCUT2D eigenvalue weighted by Gasteiger charge is -2.26. The molecule has 1 unspecified atom stereocenters. The fraction of sp³-hybridized carbons (Fsp3) is 0.304. The second-order valence-corrected chi connectivity index (χ2v) is 7.53. The van der Waals surface area contributed by atoms with Crippen molar-refractivity contribution >= 4 is 11.0 Å². The van der Waals surface area contributed by atoms with Crippen molar-refractivity contribution in [3.8, 4) is 11.4 Å². The van der Waals surface area contributed by atoms with Crippen molar-refractivity contribution in [1.82, 2.24) is 29.2 Å². The topological polar surface area (TPSA) is 78.1 Å². The van der Waals surface area contributed by atoms with E-state index in [1.807, 2.05) is 64.6 Å². The van der Waals surface area contributed by atoms with Crippen LogP contribution in [0.1, 0.15) is 31.3 Å². The highest BCUT2D eigenvalue weighted by Gasteiger charge is 2.22. The summed E-state index contributed by atoms with van der Waals surface area (Å²) in [7, 11) is 3.90. The SMILES string of the molecule is CCOc1ccc(-n2c(C(C)N(C)Cc3cnn(C)c3)nc3ncccc3c2=O)cc1. The second kappa shape index (κ2) is 8.69. The molecule has 0 bridgehead atoms. The molecule has 0 amide bonds. The number of ether oxygens (including phenoxy) is 1. The third kappa shape index (κ3) is 4.20. The highest BCUT2D eigenvalue weighted by atomic mass is 16.5. The Labute approximate surface area is 180 Å². The van der Waals surface area contributed by atoms with Gasteiger partial charge in [-0.1, -0.05) is 0 Å². The van der Waals surface area contributed by atoms with Gasteiger partial charge in [0.05, 0.1) is 29.9 Å². The summed E-state index contributed by atoms with van der Waals surface area (Å²) in [4.78, 5) is 24.7. The van der Waals surface area contributed by atoms with Crippen molar-refractivity contribution in [3.63, 3.8) is 0 Å². The predicted molar refractivity (Wildman–Crippen MR) is 119 cm³/mol. The first-order chi connectivity index (χ1) is 15.0. The van der Waals surface area contributed by atoms with E-state index in [1.165, 1.54) is 0 Å². The third-order valence-electron chi connectivity index (χ3n) is 5.30. The fourth-order valence-corrected chi connectivity index (χ4v) is 3.60. The number of aromatic nitrogens is 5. The van der Waals surface area contributed by atoms with Crippen LogP contribution in [-0.2, 0) is 13.6 Å². The molecule has 3 heterocycles. The molecule has 160 valence electrons. The number of aryl methyl sites for hydroxylation is 1. The van der Waals surface area contributed by atoms with Crippen molar-refractivity contribution in [2.75, 3.05) is 13.7 Å². The second-order valence-electron chi connectivity index (χ2n) is 7.53. The molecule has 4 rings (SSSR count). The third-order valence-corrected chi connectivity index (χ3v) is 5.30. The molecule has 1 aromatic carbocycles. The Kier molecular flexibility index (Phi) is 5.81. The maximum Gasteiger partial charge on any atom is 0.267 e. The zero-order valence-corrected chi connectivity index (χ0v) is 18.2. The standard InChI is InChI=1S/C23H26N6O2/c1-5-31-19-10-8-18(9-11-19)29-22(26-21-20(23(29)30)7-6-12-24-21)16(2)27(3)14-17-13-25-28(4)15-17/h6-13,15-16H,5,14H2,1-4H3. The molecule has 0 fully saturated rings. The summed E-state index contributed by atoms with van der Waals surface area (Å²) in [6, 6.07) is 10.9. The molecule has 0 radical (unpaired) electrons. The molecule has 8 heteroatoms. The molecule has 0 aliphatic heterocycles. The number of fused-ring (bicyclic) bond motifs is 1. The van der Waals surface area contributed by atoms with E-state index in [-0.39, 0.29) is 11.6 Å². The van der Waals surface area contributed by atoms with Gasteiger partial charge in [0.2, 0.25) is 0 Å². The monoisotopic (exact) mass is 418 g/mol. The van der Waals surface area contributed by atoms with E-state index in [1.54, 1.807) is 27.6 Å². The van der Waals surface area contributed by atoms with E-state index in [0.29, 0.717) is 30.0 Å². The van der Waals surface area contributed by atoms with Crippen LogP contribution >= 0.6 is 0 Å². The maximum absolute atomic E-state index is 13.5. The van der Waals surface area contributed by atoms with Gasteiger partial charge in [0.1, 0.15) is 11.6 Å². The lowest BCUT2D eigenvalue weighted by molar-refractivity contribution is 0.240. The number of hydrogen-bond donors (Lipinski definition) is 0. The first-order valence-electron chi connectivity index (χ1n) is 10.3. The summed E-state index contributed by atoms with van der Waals surface area (Å²) in [5.74, 6) is 1.39. The van der Waals surface area contributed by atoms with Gasteiger partial charge in [-0.05, 0) is 57.3 Å². The van der Waals surface area contributed by atoms with Gasteiger partial charge in [0.25, 0.3) is 5.56 Å². The minimum atomic E-state index is -0.147. The summed E-state index contributed by atoms with van der Waals surface area (Å²) < 4.78 is 9.00. The van der Waals surface area contributed by atoms with Crippen LogP contribution in [0, 0.1) is 0 Å². The smallest absolute Gasteiger partial charge is 0.267 e. The molecule has 0 saturated heterocycles. The van der Waals surface area contributed by atoms with Gasteiger partial charge in [-0.15, -0.1) is 0 Å². The van der Waals surface area contributed by atoms with Gasteiger partial charge in [-0.25, -0.2) is 9.97 Å². The van der Waals surface area contributed by atoms with Crippen LogP contribution in [0.2, 0.25) is 0 Å². The first kappa shape index (κ1) is 20.7. The van der Waals surface area contributed by atoms with Gasteiger partial charge in [0.15, 0.2) is 5.65 Å². The van der Waals surface area contributed by atoms with E-state index in [4.69, 9.17) is 9.72 Å². The van der Waals surface area contributed by atoms with Crippen LogP contribution in [0.25, 0.3) is 16.7 Å². The van der Waals surface area contributed by atoms with Gasteiger partial charge in [0, 0.05) is 31.5 Å². The van der Waals surface area contributed by atoms with Crippen molar-refractivity contribution < 1.29 is 4.74 Å². The molecule has 0 spiro atoms. The van der Waals surface area contributed by atoms with Crippen molar-refractivity contribution in [2.24, 2.45) is 7.05 Å². The van der Waals surface area contributed by atoms with E-state index in [2.05, 4.69) is 15.0 Å². The van der Waals surface area contributed by atoms with Crippen LogP contribution in [0.5, 0.6) is 5.75 Å². The molecule has 3 aromatic heterocycles. The molecular formula is C23H26N6O2. The number of benzene rings is 1. The highest BCUT2D eigenvalue weighted by molar-refractivity contribution is 5.73. The zero-order valence-electron chi connectivity index (χ0n) is 18.2. The molecule has 0 aliphatic rings. The average Bonchev–Trinajstić information content (AvgIpc) is 3.18. The number of rotatable bonds is 7. The summed E-state index contributed by atoms with van der Waals surface area (Å²) >= 11 is 0. The summed E-state index contributed by atoms with van der Waals surface area (Å²) in [5.41, 5.74) is 2.14. The molecule has 0 N–H and O–H groups in total. The van der Waals surface area contributed by atoms with Crippen LogP contribution in [0.3, 0.4) is 0 Å². The van der Waals surface area contributed by atoms with E-state index in [9.17, 15) is 4.79 Å². The number of nitrogens with zero attached hydrogens (tertiary/aromatic N) is 6. The number of hydrogen-bond acceptors (Lipinski definition) is 6. The molecule has 31 heavy (non-hydrogen) atoms. The summed E-state index contributed by atoms with van der Waals surface area (Å²) in [6.07, 6.45) is 5.49. The number of pyridine rings is 1. The van der Waals surface area contributed by atoms with Crippen molar-refractivity contribution in [3.05, 3.63) is 76.7 Å². The molecule has 0 aliphatic carbocycles. The van der Waals surface area contributed by atoms with E-state index in [0.717, 1.165) is 17.0 Å². The van der Waals surface area contributed by atoms with E-state index < -0.39 is 0 Å². The fourth-order valence-electron chi connectivity index (χ4n) is 3.60. The summed E-state index contributed by atoms with van der Waals surface area (Å²) in [5, 5.41) is 4.73. The van der Waals surface area contributed by atoms with Gasteiger partial charge < -0.3 is 4.74 Å². The Bertz CT molecular complexity index is 1250. The Hall–Kier alpha value is -3.52. The van der Waals surface area contributed by atoms with Crippen LogP contribution in [0.15, 0.2) is 59.8 Å². The van der Waals surface area contributed by atoms with Gasteiger partial charge in [-0.3, -0.25) is 18.9 Å². The largest absolute Gasteiger partial charge is 0.494 e. The van der Waals surface area contributed by atoms with Crippen LogP contribution in [0.4, 0.5) is 0 Å². The Balaban J connectivity index is 1.80. The molecule has 8 nitrogen and oxygen atoms in total. The minimum absolute atomic E-state index is 0.140. The van der Waals surface area contributed by atoms with Crippen LogP contribution in [-0.4, -0.2) is 42.9 Å². The quantitative estimate of drug-likeness (QED) is 0.459. The molecule has 4 aromatic rings. The average molecular weight is 419 g/mol. The molecule has 1 atom stereocenters. The lowest BCUT2D eigenvalue weighted by Crippen LogP contribution is -2.31. The Morgan fingerprint density at radius 3 is 2.65 bits per heavy atom. The Morgan fingerprint density at radius 2 is 1.97 bits per heavy atom. The maximum atomic E-state index is 13.5. The minimum Gasteiger partial charge on any atom is -0.494 e. The van der Waals surface area contributed by atoms with Crippen molar-refractivity contribution in [1.29, 1.82) is 0 Å². The highest BCUT2D eigenvalue weighted by Crippen LogP contribution is 2.23. The summed E-state index contributed by atoms with van der Waals surface area (Å²) in [6.45, 7) is 5.24. The molecular weight excluding hydrogens is 392 g/mol. The molecule has 0 saturated carbocycles. The predicted octanol–water partition coefficient (Wildman–Crippen LogP) is 3.11. The first-order valence-corrected chi connectivity index (χ1v) is 10.3. The van der Waals surface area contributed by atoms with E-state index >= 15 is 0 Å². The zero-order chi connectivity index (χ0) is 22.0. The van der Waals surface area contributed by atoms with Crippen LogP contribution < -0.4 is 10.3 Å². The van der Waals surface area contributed by atoms with Crippen molar-refractivity contribution in [2.45, 2.75) is 26.4 Å². The lowest BCUT2D eigenvalue weighted by atomic mass is 10.2. The normalized spacial score (nSPS) is 12.4.